The number of rotatable bonds is 4. The largest absolute Gasteiger partial charge is 0.444 e. The van der Waals surface area contributed by atoms with Crippen LogP contribution in [0, 0.1) is 0 Å². The third-order valence-corrected chi connectivity index (χ3v) is 3.24. The summed E-state index contributed by atoms with van der Waals surface area (Å²) in [6.07, 6.45) is 4.90. The van der Waals surface area contributed by atoms with Crippen LogP contribution < -0.4 is 0 Å². The van der Waals surface area contributed by atoms with E-state index in [9.17, 15) is 0 Å². The average Bonchev–Trinajstić information content (AvgIpc) is 3.13. The predicted octanol–water partition coefficient (Wildman–Crippen LogP) is 4.08. The van der Waals surface area contributed by atoms with Crippen LogP contribution in [-0.2, 0) is 6.54 Å². The average molecular weight is 270 g/mol. The number of thiazole rings is 1. The van der Waals surface area contributed by atoms with Crippen LogP contribution in [-0.4, -0.2) is 9.97 Å². The van der Waals surface area contributed by atoms with Crippen LogP contribution >= 0.6 is 11.3 Å². The van der Waals surface area contributed by atoms with E-state index in [2.05, 4.69) is 20.2 Å². The van der Waals surface area contributed by atoms with E-state index in [4.69, 9.17) is 4.42 Å². The number of aromatic nitrogens is 2. The maximum atomic E-state index is 5.22. The molecule has 0 atom stereocenters. The summed E-state index contributed by atoms with van der Waals surface area (Å²) in [6, 6.07) is 7.66. The van der Waals surface area contributed by atoms with Gasteiger partial charge < -0.3 is 4.42 Å². The highest BCUT2D eigenvalue weighted by atomic mass is 32.1. The molecular weight excluding hydrogens is 260 g/mol. The van der Waals surface area contributed by atoms with E-state index >= 15 is 0 Å². The summed E-state index contributed by atoms with van der Waals surface area (Å²) >= 11 is 1.57. The second kappa shape index (κ2) is 5.53. The maximum Gasteiger partial charge on any atom is 0.181 e. The highest BCUT2D eigenvalue weighted by Crippen LogP contribution is 2.22. The van der Waals surface area contributed by atoms with Crippen LogP contribution in [0.1, 0.15) is 4.88 Å². The van der Waals surface area contributed by atoms with Gasteiger partial charge in [-0.15, -0.1) is 11.3 Å². The number of benzene rings is 1. The second-order valence-electron chi connectivity index (χ2n) is 3.78. The molecule has 0 saturated carbocycles. The van der Waals surface area contributed by atoms with Gasteiger partial charge in [0.25, 0.3) is 0 Å². The van der Waals surface area contributed by atoms with Gasteiger partial charge in [-0.25, -0.2) is 4.98 Å². The zero-order valence-electron chi connectivity index (χ0n) is 9.93. The Balaban J connectivity index is 1.67. The van der Waals surface area contributed by atoms with Crippen molar-refractivity contribution >= 4 is 17.0 Å². The van der Waals surface area contributed by atoms with Crippen molar-refractivity contribution in [2.24, 2.45) is 10.2 Å². The normalized spacial score (nSPS) is 11.2. The molecule has 0 amide bonds. The fourth-order valence-corrected chi connectivity index (χ4v) is 2.07. The summed E-state index contributed by atoms with van der Waals surface area (Å²) in [6.45, 7) is 0.564. The zero-order chi connectivity index (χ0) is 12.9. The van der Waals surface area contributed by atoms with Crippen LogP contribution in [0.4, 0.5) is 5.69 Å². The quantitative estimate of drug-likeness (QED) is 0.671. The summed E-state index contributed by atoms with van der Waals surface area (Å²) in [5.74, 6) is 0.744. The summed E-state index contributed by atoms with van der Waals surface area (Å²) in [5, 5.41) is 8.30. The maximum absolute atomic E-state index is 5.22. The molecule has 0 spiro atoms. The van der Waals surface area contributed by atoms with Crippen molar-refractivity contribution in [3.63, 3.8) is 0 Å². The Morgan fingerprint density at radius 1 is 1.11 bits per heavy atom. The summed E-state index contributed by atoms with van der Waals surface area (Å²) in [5.41, 5.74) is 3.57. The van der Waals surface area contributed by atoms with Crippen molar-refractivity contribution in [1.82, 2.24) is 9.97 Å². The molecule has 6 heteroatoms. The molecule has 94 valence electrons. The zero-order valence-corrected chi connectivity index (χ0v) is 10.7. The Kier molecular flexibility index (Phi) is 3.42. The minimum absolute atomic E-state index is 0.564. The highest BCUT2D eigenvalue weighted by Gasteiger charge is 2.00. The van der Waals surface area contributed by atoms with Crippen LogP contribution in [0.5, 0.6) is 0 Å². The molecule has 5 nitrogen and oxygen atoms in total. The number of hydrogen-bond donors (Lipinski definition) is 0. The number of oxazole rings is 1. The van der Waals surface area contributed by atoms with Crippen LogP contribution in [0.25, 0.3) is 11.3 Å². The van der Waals surface area contributed by atoms with Crippen LogP contribution in [0.2, 0.25) is 0 Å². The van der Waals surface area contributed by atoms with E-state index in [-0.39, 0.29) is 0 Å². The van der Waals surface area contributed by atoms with Crippen LogP contribution in [0.3, 0.4) is 0 Å². The topological polar surface area (TPSA) is 63.6 Å². The molecule has 0 radical (unpaired) electrons. The first kappa shape index (κ1) is 11.7. The Morgan fingerprint density at radius 3 is 2.68 bits per heavy atom. The van der Waals surface area contributed by atoms with E-state index in [1.165, 1.54) is 6.39 Å². The molecule has 0 aliphatic rings. The first-order valence-electron chi connectivity index (χ1n) is 5.65. The summed E-state index contributed by atoms with van der Waals surface area (Å²) in [7, 11) is 0. The van der Waals surface area contributed by atoms with Gasteiger partial charge in [0.15, 0.2) is 12.2 Å². The fraction of sp³-hybridized carbons (Fsp3) is 0.0769. The monoisotopic (exact) mass is 270 g/mol. The van der Waals surface area contributed by atoms with Gasteiger partial charge in [0.2, 0.25) is 0 Å². The smallest absolute Gasteiger partial charge is 0.181 e. The molecule has 1 aromatic carbocycles. The number of azo groups is 1. The first-order chi connectivity index (χ1) is 9.42. The molecule has 0 aliphatic carbocycles. The third-order valence-electron chi connectivity index (χ3n) is 2.48. The Morgan fingerprint density at radius 2 is 2.00 bits per heavy atom. The Labute approximate surface area is 113 Å². The lowest BCUT2D eigenvalue weighted by atomic mass is 10.2. The van der Waals surface area contributed by atoms with E-state index in [1.54, 1.807) is 29.2 Å². The first-order valence-corrected chi connectivity index (χ1v) is 6.53. The van der Waals surface area contributed by atoms with Gasteiger partial charge in [-0.2, -0.15) is 10.2 Å². The molecule has 0 saturated heterocycles. The minimum Gasteiger partial charge on any atom is -0.444 e. The van der Waals surface area contributed by atoms with Gasteiger partial charge in [-0.1, -0.05) is 0 Å². The van der Waals surface area contributed by atoms with Crippen molar-refractivity contribution in [1.29, 1.82) is 0 Å². The Bertz CT molecular complexity index is 645. The molecule has 3 rings (SSSR count). The van der Waals surface area contributed by atoms with Crippen molar-refractivity contribution in [3.05, 3.63) is 53.4 Å². The molecule has 0 fully saturated rings. The number of hydrogen-bond acceptors (Lipinski definition) is 6. The molecule has 0 unspecified atom stereocenters. The van der Waals surface area contributed by atoms with Gasteiger partial charge in [0.05, 0.1) is 23.9 Å². The van der Waals surface area contributed by atoms with E-state index in [0.29, 0.717) is 6.54 Å². The van der Waals surface area contributed by atoms with Gasteiger partial charge in [0.1, 0.15) is 0 Å². The summed E-state index contributed by atoms with van der Waals surface area (Å²) in [4.78, 5) is 8.97. The van der Waals surface area contributed by atoms with Gasteiger partial charge in [0, 0.05) is 16.6 Å². The van der Waals surface area contributed by atoms with Gasteiger partial charge in [-0.05, 0) is 24.3 Å². The van der Waals surface area contributed by atoms with Crippen molar-refractivity contribution < 1.29 is 4.42 Å². The molecular formula is C13H10N4OS. The molecule has 2 aromatic heterocycles. The number of nitrogens with zero attached hydrogens (tertiary/aromatic N) is 4. The molecule has 0 aliphatic heterocycles. The fourth-order valence-electron chi connectivity index (χ4n) is 1.56. The van der Waals surface area contributed by atoms with E-state index in [1.807, 2.05) is 24.3 Å². The third kappa shape index (κ3) is 2.92. The minimum atomic E-state index is 0.564. The van der Waals surface area contributed by atoms with Gasteiger partial charge in [-0.3, -0.25) is 4.98 Å². The van der Waals surface area contributed by atoms with Crippen molar-refractivity contribution in [3.8, 4) is 11.3 Å². The Hall–Kier alpha value is -2.34. The van der Waals surface area contributed by atoms with Crippen molar-refractivity contribution in [2.45, 2.75) is 6.54 Å². The van der Waals surface area contributed by atoms with Crippen LogP contribution in [0.15, 0.2) is 63.2 Å². The molecule has 2 heterocycles. The lowest BCUT2D eigenvalue weighted by Gasteiger charge is -1.96. The molecule has 19 heavy (non-hydrogen) atoms. The van der Waals surface area contributed by atoms with Crippen molar-refractivity contribution in [2.75, 3.05) is 0 Å². The summed E-state index contributed by atoms with van der Waals surface area (Å²) < 4.78 is 5.22. The lowest BCUT2D eigenvalue weighted by Crippen LogP contribution is -1.73. The lowest BCUT2D eigenvalue weighted by molar-refractivity contribution is 0.572. The molecule has 3 aromatic rings. The second-order valence-corrected chi connectivity index (χ2v) is 4.75. The van der Waals surface area contributed by atoms with E-state index in [0.717, 1.165) is 21.9 Å². The predicted molar refractivity (Wildman–Crippen MR) is 72.3 cm³/mol. The molecule has 0 bridgehead atoms. The standard InChI is InChI=1S/C13H10N4OS/c1-3-11(17-16-6-12-5-15-9-19-12)4-2-10(1)13-7-14-8-18-13/h1-5,7-9H,6H2. The van der Waals surface area contributed by atoms with E-state index < -0.39 is 0 Å². The highest BCUT2D eigenvalue weighted by molar-refractivity contribution is 7.09. The van der Waals surface area contributed by atoms with Gasteiger partial charge >= 0.3 is 0 Å². The molecule has 0 N–H and O–H groups in total. The SMILES string of the molecule is c1ncc(-c2ccc(N=NCc3cncs3)cc2)o1.